The van der Waals surface area contributed by atoms with Gasteiger partial charge in [0.25, 0.3) is 12.3 Å². The molecule has 0 saturated heterocycles. The van der Waals surface area contributed by atoms with Gasteiger partial charge in [-0.15, -0.1) is 11.3 Å². The summed E-state index contributed by atoms with van der Waals surface area (Å²) in [4.78, 5) is 25.2. The molecule has 1 atom stereocenters. The van der Waals surface area contributed by atoms with Crippen molar-refractivity contribution in [2.75, 3.05) is 7.11 Å². The molecule has 2 heterocycles. The largest absolute Gasteiger partial charge is 0.496 e. The molecule has 0 fully saturated rings. The lowest BCUT2D eigenvalue weighted by Crippen LogP contribution is -2.26. The number of halogens is 2. The first-order chi connectivity index (χ1) is 17.8. The number of para-hydroxylation sites is 1. The SMILES string of the molecule is COc1ccc(/C=N/NC(=O)C(C)Sc2nc3ccccc3s2)cc1CSc1nc(C)cc(C(F)F)n1. The zero-order chi connectivity index (χ0) is 26.4. The molecule has 0 aliphatic rings. The van der Waals surface area contributed by atoms with Crippen molar-refractivity contribution >= 4 is 57.2 Å². The fraction of sp³-hybridized carbons (Fsp3) is 0.240. The Labute approximate surface area is 225 Å². The Morgan fingerprint density at radius 3 is 2.76 bits per heavy atom. The zero-order valence-corrected chi connectivity index (χ0v) is 22.6. The molecule has 2 aromatic carbocycles. The molecule has 0 spiro atoms. The minimum Gasteiger partial charge on any atom is -0.496 e. The predicted octanol–water partition coefficient (Wildman–Crippen LogP) is 6.26. The molecule has 12 heteroatoms. The molecule has 2 aromatic heterocycles. The van der Waals surface area contributed by atoms with Gasteiger partial charge in [0.1, 0.15) is 11.4 Å². The summed E-state index contributed by atoms with van der Waals surface area (Å²) in [6, 6.07) is 14.6. The normalized spacial score (nSPS) is 12.4. The summed E-state index contributed by atoms with van der Waals surface area (Å²) in [5.74, 6) is 0.798. The van der Waals surface area contributed by atoms with E-state index in [-0.39, 0.29) is 22.0 Å². The Morgan fingerprint density at radius 1 is 1.19 bits per heavy atom. The topological polar surface area (TPSA) is 89.4 Å². The van der Waals surface area contributed by atoms with Crippen molar-refractivity contribution in [1.82, 2.24) is 20.4 Å². The van der Waals surface area contributed by atoms with Crippen molar-refractivity contribution < 1.29 is 18.3 Å². The van der Waals surface area contributed by atoms with E-state index in [0.717, 1.165) is 25.7 Å². The number of aryl methyl sites for hydroxylation is 1. The third kappa shape index (κ3) is 7.24. The lowest BCUT2D eigenvalue weighted by atomic mass is 10.1. The molecule has 192 valence electrons. The Kier molecular flexibility index (Phi) is 9.06. The molecular weight excluding hydrogens is 537 g/mol. The van der Waals surface area contributed by atoms with Crippen LogP contribution in [0.5, 0.6) is 5.75 Å². The van der Waals surface area contributed by atoms with E-state index in [1.54, 1.807) is 50.6 Å². The zero-order valence-electron chi connectivity index (χ0n) is 20.1. The molecule has 4 rings (SSSR count). The van der Waals surface area contributed by atoms with E-state index in [2.05, 4.69) is 25.5 Å². The number of alkyl halides is 2. The molecule has 1 unspecified atom stereocenters. The third-order valence-electron chi connectivity index (χ3n) is 5.05. The van der Waals surface area contributed by atoms with E-state index in [1.807, 2.05) is 30.3 Å². The van der Waals surface area contributed by atoms with Crippen LogP contribution in [-0.2, 0) is 10.5 Å². The summed E-state index contributed by atoms with van der Waals surface area (Å²) in [6.07, 6.45) is -1.12. The van der Waals surface area contributed by atoms with Crippen LogP contribution in [0.4, 0.5) is 8.78 Å². The summed E-state index contributed by atoms with van der Waals surface area (Å²) in [5.41, 5.74) is 5.22. The van der Waals surface area contributed by atoms with Gasteiger partial charge in [0.15, 0.2) is 9.50 Å². The lowest BCUT2D eigenvalue weighted by molar-refractivity contribution is -0.120. The molecule has 1 amide bonds. The van der Waals surface area contributed by atoms with Crippen LogP contribution in [0.3, 0.4) is 0 Å². The first kappa shape index (κ1) is 27.0. The number of hydrogen-bond donors (Lipinski definition) is 1. The smallest absolute Gasteiger partial charge is 0.280 e. The van der Waals surface area contributed by atoms with Crippen molar-refractivity contribution in [3.63, 3.8) is 0 Å². The van der Waals surface area contributed by atoms with Crippen molar-refractivity contribution in [3.8, 4) is 5.75 Å². The van der Waals surface area contributed by atoms with Crippen molar-refractivity contribution in [2.45, 2.75) is 40.8 Å². The number of ether oxygens (including phenoxy) is 1. The molecule has 4 aromatic rings. The van der Waals surface area contributed by atoms with Crippen LogP contribution in [0.2, 0.25) is 0 Å². The lowest BCUT2D eigenvalue weighted by Gasteiger charge is -2.10. The van der Waals surface area contributed by atoms with Gasteiger partial charge >= 0.3 is 0 Å². The number of rotatable bonds is 10. The number of fused-ring (bicyclic) bond motifs is 1. The summed E-state index contributed by atoms with van der Waals surface area (Å²) in [5, 5.41) is 3.98. The van der Waals surface area contributed by atoms with Gasteiger partial charge in [-0.25, -0.2) is 29.2 Å². The van der Waals surface area contributed by atoms with Crippen LogP contribution in [0.25, 0.3) is 10.2 Å². The minimum absolute atomic E-state index is 0.240. The number of thiazole rings is 1. The number of nitrogens with one attached hydrogen (secondary N) is 1. The van der Waals surface area contributed by atoms with Crippen LogP contribution in [0.15, 0.2) is 63.1 Å². The van der Waals surface area contributed by atoms with Gasteiger partial charge in [0, 0.05) is 17.0 Å². The quantitative estimate of drug-likeness (QED) is 0.106. The van der Waals surface area contributed by atoms with Crippen LogP contribution >= 0.6 is 34.9 Å². The minimum atomic E-state index is -2.66. The monoisotopic (exact) mass is 559 g/mol. The number of carbonyl (C=O) groups is 1. The standard InChI is InChI=1S/C25H23F2N5O2S3/c1-14-10-19(22(26)27)30-24(29-14)35-13-17-11-16(8-9-20(17)34-3)12-28-32-23(33)15(2)36-25-31-18-6-4-5-7-21(18)37-25/h4-12,15,22H,13H2,1-3H3,(H,32,33)/b28-12+. The van der Waals surface area contributed by atoms with Gasteiger partial charge < -0.3 is 4.74 Å². The molecule has 1 N–H and O–H groups in total. The van der Waals surface area contributed by atoms with Crippen LogP contribution in [0.1, 0.15) is 35.9 Å². The molecule has 0 aliphatic carbocycles. The van der Waals surface area contributed by atoms with E-state index in [9.17, 15) is 13.6 Å². The molecule has 37 heavy (non-hydrogen) atoms. The van der Waals surface area contributed by atoms with Gasteiger partial charge in [0.2, 0.25) is 0 Å². The van der Waals surface area contributed by atoms with Crippen LogP contribution in [-0.4, -0.2) is 39.4 Å². The number of hydrogen-bond acceptors (Lipinski definition) is 9. The molecule has 0 aliphatic heterocycles. The van der Waals surface area contributed by atoms with Crippen LogP contribution < -0.4 is 10.2 Å². The number of aromatic nitrogens is 3. The highest BCUT2D eigenvalue weighted by Crippen LogP contribution is 2.32. The number of methoxy groups -OCH3 is 1. The van der Waals surface area contributed by atoms with Gasteiger partial charge in [-0.2, -0.15) is 5.10 Å². The Hall–Kier alpha value is -3.09. The second-order valence-corrected chi connectivity index (χ2v) is 11.4. The number of nitrogens with zero attached hydrogens (tertiary/aromatic N) is 4. The highest BCUT2D eigenvalue weighted by molar-refractivity contribution is 8.02. The Morgan fingerprint density at radius 2 is 2.00 bits per heavy atom. The fourth-order valence-corrected chi connectivity index (χ4v) is 6.34. The molecule has 0 bridgehead atoms. The Bertz CT molecular complexity index is 1400. The number of carbonyl (C=O) groups excluding carboxylic acids is 1. The second kappa shape index (κ2) is 12.4. The summed E-state index contributed by atoms with van der Waals surface area (Å²) in [6.45, 7) is 3.46. The van der Waals surface area contributed by atoms with Crippen molar-refractivity contribution in [2.24, 2.45) is 5.10 Å². The Balaban J connectivity index is 1.37. The van der Waals surface area contributed by atoms with E-state index in [4.69, 9.17) is 4.74 Å². The average Bonchev–Trinajstić information content (AvgIpc) is 3.29. The number of hydrazone groups is 1. The summed E-state index contributed by atoms with van der Waals surface area (Å²) in [7, 11) is 1.56. The summed E-state index contributed by atoms with van der Waals surface area (Å²) >= 11 is 4.17. The van der Waals surface area contributed by atoms with Gasteiger partial charge in [-0.3, -0.25) is 4.79 Å². The van der Waals surface area contributed by atoms with Crippen molar-refractivity contribution in [3.05, 3.63) is 71.0 Å². The van der Waals surface area contributed by atoms with E-state index < -0.39 is 6.43 Å². The maximum atomic E-state index is 13.1. The van der Waals surface area contributed by atoms with Gasteiger partial charge in [-0.1, -0.05) is 35.7 Å². The summed E-state index contributed by atoms with van der Waals surface area (Å²) < 4.78 is 33.5. The fourth-order valence-electron chi connectivity index (χ4n) is 3.24. The second-order valence-electron chi connectivity index (χ2n) is 7.82. The number of thioether (sulfide) groups is 2. The maximum absolute atomic E-state index is 13.1. The van der Waals surface area contributed by atoms with Crippen LogP contribution in [0, 0.1) is 6.92 Å². The maximum Gasteiger partial charge on any atom is 0.280 e. The predicted molar refractivity (Wildman–Crippen MR) is 145 cm³/mol. The molecule has 0 radical (unpaired) electrons. The number of amides is 1. The molecular formula is C25H23F2N5O2S3. The van der Waals surface area contributed by atoms with Gasteiger partial charge in [0.05, 0.1) is 28.8 Å². The first-order valence-corrected chi connectivity index (χ1v) is 13.8. The average molecular weight is 560 g/mol. The number of benzene rings is 2. The third-order valence-corrected chi connectivity index (χ3v) is 8.17. The van der Waals surface area contributed by atoms with E-state index in [0.29, 0.717) is 17.2 Å². The highest BCUT2D eigenvalue weighted by atomic mass is 32.2. The first-order valence-electron chi connectivity index (χ1n) is 11.1. The molecule has 0 saturated carbocycles. The van der Waals surface area contributed by atoms with Gasteiger partial charge in [-0.05, 0) is 55.8 Å². The van der Waals surface area contributed by atoms with E-state index >= 15 is 0 Å². The van der Waals surface area contributed by atoms with E-state index in [1.165, 1.54) is 29.6 Å². The highest BCUT2D eigenvalue weighted by Gasteiger charge is 2.17. The van der Waals surface area contributed by atoms with Crippen molar-refractivity contribution in [1.29, 1.82) is 0 Å². The molecule has 7 nitrogen and oxygen atoms in total.